The van der Waals surface area contributed by atoms with Gasteiger partial charge in [-0.2, -0.15) is 13.2 Å². The van der Waals surface area contributed by atoms with E-state index in [1.54, 1.807) is 24.3 Å². The molecule has 0 fully saturated rings. The number of nitrogens with one attached hydrogen (secondary N) is 1. The second kappa shape index (κ2) is 6.50. The molecule has 27 heavy (non-hydrogen) atoms. The molecule has 1 aliphatic carbocycles. The van der Waals surface area contributed by atoms with E-state index in [-0.39, 0.29) is 18.6 Å². The highest BCUT2D eigenvalue weighted by atomic mass is 19.4. The van der Waals surface area contributed by atoms with Gasteiger partial charge in [-0.05, 0) is 11.1 Å². The van der Waals surface area contributed by atoms with Crippen LogP contribution in [0.3, 0.4) is 0 Å². The van der Waals surface area contributed by atoms with E-state index >= 15 is 0 Å². The number of nitro groups is 2. The van der Waals surface area contributed by atoms with E-state index in [9.17, 15) is 38.5 Å². The lowest BCUT2D eigenvalue weighted by atomic mass is 10.1. The van der Waals surface area contributed by atoms with Crippen LogP contribution in [0.5, 0.6) is 0 Å². The summed E-state index contributed by atoms with van der Waals surface area (Å²) in [5, 5.41) is 35.3. The highest BCUT2D eigenvalue weighted by Gasteiger charge is 2.40. The number of nitrogens with zero attached hydrogens (tertiary/aromatic N) is 2. The molecule has 3 rings (SSSR count). The molecule has 2 atom stereocenters. The van der Waals surface area contributed by atoms with Gasteiger partial charge in [-0.1, -0.05) is 24.3 Å². The van der Waals surface area contributed by atoms with Gasteiger partial charge in [0.05, 0.1) is 27.6 Å². The van der Waals surface area contributed by atoms with E-state index in [0.717, 1.165) is 5.56 Å². The van der Waals surface area contributed by atoms with Crippen molar-refractivity contribution in [1.82, 2.24) is 0 Å². The van der Waals surface area contributed by atoms with Crippen LogP contribution >= 0.6 is 0 Å². The molecular weight excluding hydrogens is 371 g/mol. The van der Waals surface area contributed by atoms with Crippen molar-refractivity contribution < 1.29 is 28.1 Å². The third kappa shape index (κ3) is 3.40. The number of alkyl halides is 3. The van der Waals surface area contributed by atoms with Crippen molar-refractivity contribution in [3.05, 3.63) is 73.3 Å². The van der Waals surface area contributed by atoms with Crippen molar-refractivity contribution in [1.29, 1.82) is 0 Å². The van der Waals surface area contributed by atoms with Crippen LogP contribution in [-0.4, -0.2) is 21.1 Å². The molecule has 0 amide bonds. The summed E-state index contributed by atoms with van der Waals surface area (Å²) in [6.45, 7) is 0. The van der Waals surface area contributed by atoms with Gasteiger partial charge < -0.3 is 10.4 Å². The van der Waals surface area contributed by atoms with Gasteiger partial charge in [-0.15, -0.1) is 0 Å². The van der Waals surface area contributed by atoms with Crippen molar-refractivity contribution in [2.75, 3.05) is 5.32 Å². The summed E-state index contributed by atoms with van der Waals surface area (Å²) in [5.74, 6) is 0. The van der Waals surface area contributed by atoms with Crippen LogP contribution in [0.4, 0.5) is 30.2 Å². The van der Waals surface area contributed by atoms with Crippen LogP contribution < -0.4 is 5.32 Å². The average molecular weight is 383 g/mol. The van der Waals surface area contributed by atoms with Crippen molar-refractivity contribution in [2.45, 2.75) is 24.7 Å². The van der Waals surface area contributed by atoms with Gasteiger partial charge in [0.25, 0.3) is 11.4 Å². The molecule has 2 N–H and O–H groups in total. The third-order valence-electron chi connectivity index (χ3n) is 4.32. The largest absolute Gasteiger partial charge is 0.416 e. The highest BCUT2D eigenvalue weighted by molar-refractivity contribution is 5.76. The van der Waals surface area contributed by atoms with Gasteiger partial charge in [0.15, 0.2) is 5.69 Å². The topological polar surface area (TPSA) is 119 Å². The van der Waals surface area contributed by atoms with E-state index in [2.05, 4.69) is 5.32 Å². The van der Waals surface area contributed by atoms with Gasteiger partial charge in [0.1, 0.15) is 0 Å². The molecule has 2 aromatic rings. The van der Waals surface area contributed by atoms with Crippen LogP contribution in [0, 0.1) is 20.2 Å². The highest BCUT2D eigenvalue weighted by Crippen LogP contribution is 2.44. The molecule has 0 aliphatic heterocycles. The Morgan fingerprint density at radius 3 is 2.15 bits per heavy atom. The second-order valence-electron chi connectivity index (χ2n) is 5.99. The fourth-order valence-corrected chi connectivity index (χ4v) is 3.11. The van der Waals surface area contributed by atoms with E-state index in [1.807, 2.05) is 0 Å². The van der Waals surface area contributed by atoms with E-state index < -0.39 is 50.8 Å². The Hall–Kier alpha value is -3.21. The zero-order valence-corrected chi connectivity index (χ0v) is 13.4. The van der Waals surface area contributed by atoms with Crippen LogP contribution in [0.2, 0.25) is 0 Å². The number of nitro benzene ring substituents is 2. The summed E-state index contributed by atoms with van der Waals surface area (Å²) >= 11 is 0. The molecule has 0 aromatic heterocycles. The van der Waals surface area contributed by atoms with E-state index in [0.29, 0.717) is 5.56 Å². The van der Waals surface area contributed by atoms with Gasteiger partial charge in [0, 0.05) is 18.6 Å². The summed E-state index contributed by atoms with van der Waals surface area (Å²) in [6.07, 6.45) is -5.84. The molecular formula is C16H12F3N3O5. The predicted molar refractivity (Wildman–Crippen MR) is 87.3 cm³/mol. The van der Waals surface area contributed by atoms with Crippen LogP contribution in [0.1, 0.15) is 22.7 Å². The number of hydrogen-bond acceptors (Lipinski definition) is 6. The molecule has 0 spiro atoms. The lowest BCUT2D eigenvalue weighted by Crippen LogP contribution is -2.22. The summed E-state index contributed by atoms with van der Waals surface area (Å²) in [5.41, 5.74) is -3.06. The monoisotopic (exact) mass is 383 g/mol. The Morgan fingerprint density at radius 2 is 1.63 bits per heavy atom. The molecule has 0 radical (unpaired) electrons. The first-order chi connectivity index (χ1) is 12.6. The summed E-state index contributed by atoms with van der Waals surface area (Å²) < 4.78 is 38.9. The summed E-state index contributed by atoms with van der Waals surface area (Å²) in [4.78, 5) is 20.3. The standard InChI is InChI=1S/C16H12F3N3O5/c17-16(18,19)9-6-11(21(24)25)15(12(7-9)22(26)27)20-14-10-4-2-1-3-8(10)5-13(14)23/h1-4,6-7,13-14,20,23H,5H2/t13-,14+/m1/s1. The normalized spacial score (nSPS) is 18.8. The molecule has 0 heterocycles. The molecule has 11 heteroatoms. The Morgan fingerprint density at radius 1 is 1.07 bits per heavy atom. The molecule has 8 nitrogen and oxygen atoms in total. The lowest BCUT2D eigenvalue weighted by Gasteiger charge is -2.19. The first kappa shape index (κ1) is 18.6. The Balaban J connectivity index is 2.15. The SMILES string of the molecule is O=[N+]([O-])c1cc(C(F)(F)F)cc([N+](=O)[O-])c1N[C@H]1c2ccccc2C[C@H]1O. The molecule has 142 valence electrons. The Labute approximate surface area is 149 Å². The molecule has 2 aromatic carbocycles. The van der Waals surface area contributed by atoms with Crippen molar-refractivity contribution in [3.8, 4) is 0 Å². The summed E-state index contributed by atoms with van der Waals surface area (Å²) in [6, 6.07) is 6.26. The Kier molecular flexibility index (Phi) is 4.47. The molecule has 0 unspecified atom stereocenters. The number of benzene rings is 2. The second-order valence-corrected chi connectivity index (χ2v) is 5.99. The minimum atomic E-state index is -4.99. The number of anilines is 1. The first-order valence-corrected chi connectivity index (χ1v) is 7.66. The maximum Gasteiger partial charge on any atom is 0.416 e. The minimum absolute atomic E-state index is 0.204. The molecule has 0 bridgehead atoms. The van der Waals surface area contributed by atoms with E-state index in [4.69, 9.17) is 0 Å². The molecule has 0 saturated heterocycles. The molecule has 1 aliphatic rings. The van der Waals surface area contributed by atoms with Crippen molar-refractivity contribution in [2.24, 2.45) is 0 Å². The number of fused-ring (bicyclic) bond motifs is 1. The smallest absolute Gasteiger partial charge is 0.390 e. The van der Waals surface area contributed by atoms with Gasteiger partial charge in [0.2, 0.25) is 0 Å². The van der Waals surface area contributed by atoms with Gasteiger partial charge in [-0.3, -0.25) is 20.2 Å². The number of aliphatic hydroxyl groups is 1. The zero-order valence-electron chi connectivity index (χ0n) is 13.4. The third-order valence-corrected chi connectivity index (χ3v) is 4.32. The number of hydrogen-bond donors (Lipinski definition) is 2. The quantitative estimate of drug-likeness (QED) is 0.615. The zero-order chi connectivity index (χ0) is 19.9. The number of aliphatic hydroxyl groups excluding tert-OH is 1. The summed E-state index contributed by atoms with van der Waals surface area (Å²) in [7, 11) is 0. The van der Waals surface area contributed by atoms with Crippen molar-refractivity contribution >= 4 is 17.1 Å². The number of halogens is 3. The Bertz CT molecular complexity index is 897. The fourth-order valence-electron chi connectivity index (χ4n) is 3.11. The lowest BCUT2D eigenvalue weighted by molar-refractivity contribution is -0.392. The average Bonchev–Trinajstić information content (AvgIpc) is 2.89. The fraction of sp³-hybridized carbons (Fsp3) is 0.250. The first-order valence-electron chi connectivity index (χ1n) is 7.66. The van der Waals surface area contributed by atoms with E-state index in [1.165, 1.54) is 0 Å². The molecule has 0 saturated carbocycles. The van der Waals surface area contributed by atoms with Crippen molar-refractivity contribution in [3.63, 3.8) is 0 Å². The van der Waals surface area contributed by atoms with Crippen LogP contribution in [0.25, 0.3) is 0 Å². The maximum absolute atomic E-state index is 13.0. The maximum atomic E-state index is 13.0. The number of rotatable bonds is 4. The van der Waals surface area contributed by atoms with Gasteiger partial charge in [-0.25, -0.2) is 0 Å². The van der Waals surface area contributed by atoms with Crippen LogP contribution in [-0.2, 0) is 12.6 Å². The van der Waals surface area contributed by atoms with Gasteiger partial charge >= 0.3 is 6.18 Å². The van der Waals surface area contributed by atoms with Crippen LogP contribution in [0.15, 0.2) is 36.4 Å². The minimum Gasteiger partial charge on any atom is -0.390 e. The predicted octanol–water partition coefficient (Wildman–Crippen LogP) is 3.59.